The Morgan fingerprint density at radius 1 is 1.40 bits per heavy atom. The molecule has 1 aromatic rings. The van der Waals surface area contributed by atoms with E-state index in [1.165, 1.54) is 12.8 Å². The van der Waals surface area contributed by atoms with Gasteiger partial charge in [-0.25, -0.2) is 4.98 Å². The number of pyridine rings is 1. The van der Waals surface area contributed by atoms with Gasteiger partial charge in [-0.3, -0.25) is 0 Å². The lowest BCUT2D eigenvalue weighted by molar-refractivity contribution is -0.0439. The van der Waals surface area contributed by atoms with Crippen LogP contribution in [0.4, 0.5) is 5.82 Å². The van der Waals surface area contributed by atoms with Gasteiger partial charge in [0.25, 0.3) is 0 Å². The van der Waals surface area contributed by atoms with Crippen LogP contribution in [0.25, 0.3) is 0 Å². The van der Waals surface area contributed by atoms with E-state index in [2.05, 4.69) is 16.4 Å². The summed E-state index contributed by atoms with van der Waals surface area (Å²) in [5.74, 6) is 1.53. The molecule has 3 rings (SSSR count). The van der Waals surface area contributed by atoms with E-state index in [9.17, 15) is 0 Å². The van der Waals surface area contributed by atoms with Gasteiger partial charge < -0.3 is 14.8 Å². The van der Waals surface area contributed by atoms with E-state index < -0.39 is 0 Å². The number of nitrogens with one attached hydrogen (secondary N) is 1. The zero-order chi connectivity index (χ0) is 13.8. The highest BCUT2D eigenvalue weighted by atomic mass is 16.5. The molecular weight excluding hydrogens is 254 g/mol. The smallest absolute Gasteiger partial charge is 0.126 e. The molecule has 5 nitrogen and oxygen atoms in total. The van der Waals surface area contributed by atoms with Crippen LogP contribution in [0.3, 0.4) is 0 Å². The molecule has 1 N–H and O–H groups in total. The predicted octanol–water partition coefficient (Wildman–Crippen LogP) is 1.95. The number of anilines is 1. The van der Waals surface area contributed by atoms with Crippen LogP contribution in [0.2, 0.25) is 0 Å². The van der Waals surface area contributed by atoms with Gasteiger partial charge in [-0.05, 0) is 37.3 Å². The summed E-state index contributed by atoms with van der Waals surface area (Å²) in [7, 11) is 0. The highest BCUT2D eigenvalue weighted by Crippen LogP contribution is 2.30. The Morgan fingerprint density at radius 3 is 3.00 bits per heavy atom. The fraction of sp³-hybridized carbons (Fsp3) is 0.600. The van der Waals surface area contributed by atoms with Crippen LogP contribution in [0.15, 0.2) is 18.3 Å². The van der Waals surface area contributed by atoms with Gasteiger partial charge in [0.05, 0.1) is 24.3 Å². The fourth-order valence-electron chi connectivity index (χ4n) is 2.33. The first kappa shape index (κ1) is 13.3. The molecule has 0 radical (unpaired) electrons. The number of aromatic nitrogens is 1. The molecule has 1 aliphatic heterocycles. The summed E-state index contributed by atoms with van der Waals surface area (Å²) < 4.78 is 11.5. The van der Waals surface area contributed by atoms with E-state index in [-0.39, 0.29) is 12.1 Å². The van der Waals surface area contributed by atoms with Gasteiger partial charge in [-0.1, -0.05) is 0 Å². The number of ether oxygens (including phenoxy) is 2. The number of nitrogens with zero attached hydrogens (tertiary/aromatic N) is 2. The van der Waals surface area contributed by atoms with Gasteiger partial charge in [0, 0.05) is 19.4 Å². The zero-order valence-corrected chi connectivity index (χ0v) is 11.4. The summed E-state index contributed by atoms with van der Waals surface area (Å²) in [6, 6.07) is 5.78. The van der Waals surface area contributed by atoms with Crippen molar-refractivity contribution in [2.45, 2.75) is 31.4 Å². The summed E-state index contributed by atoms with van der Waals surface area (Å²) in [5, 5.41) is 12.1. The molecule has 0 spiro atoms. The second-order valence-corrected chi connectivity index (χ2v) is 5.47. The Bertz CT molecular complexity index is 479. The van der Waals surface area contributed by atoms with Crippen molar-refractivity contribution in [3.8, 4) is 6.07 Å². The molecule has 106 valence electrons. The lowest BCUT2D eigenvalue weighted by atomic mass is 10.1. The fourth-order valence-corrected chi connectivity index (χ4v) is 2.33. The summed E-state index contributed by atoms with van der Waals surface area (Å²) in [5.41, 5.74) is 0.567. The third-order valence-electron chi connectivity index (χ3n) is 3.76. The first-order valence-corrected chi connectivity index (χ1v) is 7.17. The molecule has 1 aromatic heterocycles. The number of nitriles is 1. The zero-order valence-electron chi connectivity index (χ0n) is 11.4. The largest absolute Gasteiger partial charge is 0.379 e. The Balaban J connectivity index is 1.58. The molecule has 2 atom stereocenters. The molecule has 2 fully saturated rings. The second kappa shape index (κ2) is 6.21. The normalized spacial score (nSPS) is 25.9. The molecule has 1 saturated carbocycles. The molecule has 0 aromatic carbocycles. The highest BCUT2D eigenvalue weighted by molar-refractivity contribution is 5.40. The summed E-state index contributed by atoms with van der Waals surface area (Å²) in [6.45, 7) is 2.26. The quantitative estimate of drug-likeness (QED) is 0.888. The van der Waals surface area contributed by atoms with Crippen molar-refractivity contribution in [1.82, 2.24) is 4.98 Å². The van der Waals surface area contributed by atoms with Crippen molar-refractivity contribution < 1.29 is 9.47 Å². The molecular formula is C15H19N3O2. The standard InChI is InChI=1S/C15H19N3O2/c16-7-12-3-4-15(17-8-12)18-13-10-19-6-5-14(13)20-9-11-1-2-11/h3-4,8,11,13-14H,1-2,5-6,9-10H2,(H,17,18)/t13-,14+/m1/s1. The van der Waals surface area contributed by atoms with Crippen LogP contribution in [0.1, 0.15) is 24.8 Å². The number of rotatable bonds is 5. The van der Waals surface area contributed by atoms with Crippen molar-refractivity contribution in [1.29, 1.82) is 5.26 Å². The van der Waals surface area contributed by atoms with Crippen molar-refractivity contribution in [3.63, 3.8) is 0 Å². The average molecular weight is 273 g/mol. The van der Waals surface area contributed by atoms with E-state index >= 15 is 0 Å². The van der Waals surface area contributed by atoms with Crippen LogP contribution in [0.5, 0.6) is 0 Å². The van der Waals surface area contributed by atoms with E-state index in [0.29, 0.717) is 12.2 Å². The highest BCUT2D eigenvalue weighted by Gasteiger charge is 2.29. The average Bonchev–Trinajstić information content (AvgIpc) is 3.31. The Labute approximate surface area is 118 Å². The molecule has 0 unspecified atom stereocenters. The van der Waals surface area contributed by atoms with Gasteiger partial charge in [0.1, 0.15) is 11.9 Å². The van der Waals surface area contributed by atoms with Gasteiger partial charge in [0.15, 0.2) is 0 Å². The Kier molecular flexibility index (Phi) is 4.14. The van der Waals surface area contributed by atoms with Crippen molar-refractivity contribution in [3.05, 3.63) is 23.9 Å². The van der Waals surface area contributed by atoms with Crippen molar-refractivity contribution >= 4 is 5.82 Å². The van der Waals surface area contributed by atoms with Crippen LogP contribution in [0, 0.1) is 17.2 Å². The maximum Gasteiger partial charge on any atom is 0.126 e. The molecule has 2 heterocycles. The maximum absolute atomic E-state index is 8.77. The molecule has 1 aliphatic carbocycles. The van der Waals surface area contributed by atoms with Crippen LogP contribution in [-0.4, -0.2) is 37.0 Å². The summed E-state index contributed by atoms with van der Waals surface area (Å²) in [6.07, 6.45) is 5.28. The molecule has 20 heavy (non-hydrogen) atoms. The molecule has 2 aliphatic rings. The van der Waals surface area contributed by atoms with Gasteiger partial charge >= 0.3 is 0 Å². The van der Waals surface area contributed by atoms with Crippen LogP contribution >= 0.6 is 0 Å². The summed E-state index contributed by atoms with van der Waals surface area (Å²) >= 11 is 0. The van der Waals surface area contributed by atoms with E-state index in [4.69, 9.17) is 14.7 Å². The number of hydrogen-bond donors (Lipinski definition) is 1. The van der Waals surface area contributed by atoms with E-state index in [1.807, 2.05) is 6.07 Å². The second-order valence-electron chi connectivity index (χ2n) is 5.47. The molecule has 0 amide bonds. The molecule has 1 saturated heterocycles. The predicted molar refractivity (Wildman–Crippen MR) is 74.3 cm³/mol. The van der Waals surface area contributed by atoms with Crippen molar-refractivity contribution in [2.75, 3.05) is 25.1 Å². The lowest BCUT2D eigenvalue weighted by Gasteiger charge is -2.32. The van der Waals surface area contributed by atoms with Gasteiger partial charge in [-0.2, -0.15) is 5.26 Å². The Morgan fingerprint density at radius 2 is 2.30 bits per heavy atom. The van der Waals surface area contributed by atoms with Crippen LogP contribution in [-0.2, 0) is 9.47 Å². The molecule has 0 bridgehead atoms. The monoisotopic (exact) mass is 273 g/mol. The van der Waals surface area contributed by atoms with Gasteiger partial charge in [0.2, 0.25) is 0 Å². The first-order valence-electron chi connectivity index (χ1n) is 7.17. The van der Waals surface area contributed by atoms with Crippen LogP contribution < -0.4 is 5.32 Å². The topological polar surface area (TPSA) is 67.2 Å². The summed E-state index contributed by atoms with van der Waals surface area (Å²) in [4.78, 5) is 4.24. The third-order valence-corrected chi connectivity index (χ3v) is 3.76. The lowest BCUT2D eigenvalue weighted by Crippen LogP contribution is -2.44. The van der Waals surface area contributed by atoms with Crippen molar-refractivity contribution in [2.24, 2.45) is 5.92 Å². The number of hydrogen-bond acceptors (Lipinski definition) is 5. The first-order chi connectivity index (χ1) is 9.85. The van der Waals surface area contributed by atoms with Gasteiger partial charge in [-0.15, -0.1) is 0 Å². The minimum absolute atomic E-state index is 0.128. The molecule has 5 heteroatoms. The van der Waals surface area contributed by atoms with E-state index in [1.54, 1.807) is 12.3 Å². The Hall–Kier alpha value is -1.64. The third kappa shape index (κ3) is 3.47. The SMILES string of the molecule is N#Cc1ccc(N[C@@H]2COCC[C@@H]2OCC2CC2)nc1. The minimum atomic E-state index is 0.128. The van der Waals surface area contributed by atoms with E-state index in [0.717, 1.165) is 31.4 Å². The maximum atomic E-state index is 8.77. The minimum Gasteiger partial charge on any atom is -0.379 e.